The molecule has 0 amide bonds. The van der Waals surface area contributed by atoms with Crippen molar-refractivity contribution >= 4 is 35.6 Å². The number of halogens is 3. The van der Waals surface area contributed by atoms with Crippen molar-refractivity contribution in [1.82, 2.24) is 14.9 Å². The van der Waals surface area contributed by atoms with E-state index in [2.05, 4.69) is 14.9 Å². The lowest BCUT2D eigenvalue weighted by Crippen LogP contribution is -2.15. The van der Waals surface area contributed by atoms with Gasteiger partial charge in [0.25, 0.3) is 0 Å². The maximum atomic E-state index is 6.19. The summed E-state index contributed by atoms with van der Waals surface area (Å²) >= 11 is 12.2. The molecule has 0 radical (unpaired) electrons. The first-order valence-electron chi connectivity index (χ1n) is 7.43. The third-order valence-corrected chi connectivity index (χ3v) is 4.05. The fourth-order valence-corrected chi connectivity index (χ4v) is 2.70. The lowest BCUT2D eigenvalue weighted by Gasteiger charge is -2.04. The Morgan fingerprint density at radius 1 is 1.17 bits per heavy atom. The van der Waals surface area contributed by atoms with Gasteiger partial charge in [-0.3, -0.25) is 0 Å². The summed E-state index contributed by atoms with van der Waals surface area (Å²) in [4.78, 5) is 4.02. The number of furan rings is 1. The molecule has 0 saturated heterocycles. The Labute approximate surface area is 157 Å². The molecule has 0 saturated carbocycles. The van der Waals surface area contributed by atoms with Crippen LogP contribution < -0.4 is 5.32 Å². The van der Waals surface area contributed by atoms with Crippen LogP contribution in [-0.4, -0.2) is 16.1 Å². The standard InChI is InChI=1S/C17H17Cl2N3O.ClH/c18-13-2-4-16(19)15(10-13)17-5-3-14(23-17)11-20-6-1-8-22-9-7-21-12-22;/h2-5,7,9-10,12,20H,1,6,8,11H2;1H. The van der Waals surface area contributed by atoms with Gasteiger partial charge in [-0.1, -0.05) is 23.2 Å². The first-order chi connectivity index (χ1) is 11.2. The first kappa shape index (κ1) is 18.9. The smallest absolute Gasteiger partial charge is 0.135 e. The van der Waals surface area contributed by atoms with E-state index in [1.807, 2.05) is 30.7 Å². The Balaban J connectivity index is 0.00000208. The summed E-state index contributed by atoms with van der Waals surface area (Å²) in [6.45, 7) is 2.54. The Morgan fingerprint density at radius 3 is 2.83 bits per heavy atom. The van der Waals surface area contributed by atoms with Gasteiger partial charge in [0.2, 0.25) is 0 Å². The van der Waals surface area contributed by atoms with E-state index in [1.54, 1.807) is 18.3 Å². The summed E-state index contributed by atoms with van der Waals surface area (Å²) in [5.74, 6) is 1.60. The van der Waals surface area contributed by atoms with Crippen LogP contribution in [0.2, 0.25) is 10.0 Å². The topological polar surface area (TPSA) is 43.0 Å². The molecular formula is C17H18Cl3N3O. The number of nitrogens with zero attached hydrogens (tertiary/aromatic N) is 2. The van der Waals surface area contributed by atoms with Crippen LogP contribution >= 0.6 is 35.6 Å². The quantitative estimate of drug-likeness (QED) is 0.578. The minimum atomic E-state index is 0. The molecule has 24 heavy (non-hydrogen) atoms. The summed E-state index contributed by atoms with van der Waals surface area (Å²) in [7, 11) is 0. The summed E-state index contributed by atoms with van der Waals surface area (Å²) < 4.78 is 7.90. The van der Waals surface area contributed by atoms with Crippen molar-refractivity contribution in [2.75, 3.05) is 6.54 Å². The molecule has 1 N–H and O–H groups in total. The van der Waals surface area contributed by atoms with Crippen molar-refractivity contribution in [2.24, 2.45) is 0 Å². The minimum Gasteiger partial charge on any atom is -0.460 e. The number of imidazole rings is 1. The summed E-state index contributed by atoms with van der Waals surface area (Å²) in [5, 5.41) is 4.64. The second-order valence-corrected chi connectivity index (χ2v) is 6.06. The molecule has 128 valence electrons. The molecule has 0 atom stereocenters. The summed E-state index contributed by atoms with van der Waals surface area (Å²) in [6.07, 6.45) is 6.61. The van der Waals surface area contributed by atoms with Crippen molar-refractivity contribution in [1.29, 1.82) is 0 Å². The average Bonchev–Trinajstić information content (AvgIpc) is 3.21. The highest BCUT2D eigenvalue weighted by molar-refractivity contribution is 6.35. The predicted molar refractivity (Wildman–Crippen MR) is 100.0 cm³/mol. The number of hydrogen-bond donors (Lipinski definition) is 1. The maximum Gasteiger partial charge on any atom is 0.135 e. The van der Waals surface area contributed by atoms with E-state index in [1.165, 1.54) is 0 Å². The lowest BCUT2D eigenvalue weighted by atomic mass is 10.2. The molecule has 0 bridgehead atoms. The van der Waals surface area contributed by atoms with Gasteiger partial charge in [0.05, 0.1) is 17.9 Å². The van der Waals surface area contributed by atoms with Gasteiger partial charge in [0, 0.05) is 29.5 Å². The molecule has 2 aromatic heterocycles. The molecule has 0 fully saturated rings. The maximum absolute atomic E-state index is 6.19. The van der Waals surface area contributed by atoms with Crippen LogP contribution in [0, 0.1) is 0 Å². The fourth-order valence-electron chi connectivity index (χ4n) is 2.32. The number of nitrogens with one attached hydrogen (secondary N) is 1. The van der Waals surface area contributed by atoms with E-state index in [4.69, 9.17) is 27.6 Å². The minimum absolute atomic E-state index is 0. The van der Waals surface area contributed by atoms with E-state index >= 15 is 0 Å². The van der Waals surface area contributed by atoms with E-state index in [9.17, 15) is 0 Å². The number of rotatable bonds is 7. The van der Waals surface area contributed by atoms with Crippen LogP contribution in [0.1, 0.15) is 12.2 Å². The molecule has 0 aliphatic carbocycles. The highest BCUT2D eigenvalue weighted by atomic mass is 35.5. The molecule has 0 aliphatic rings. The van der Waals surface area contributed by atoms with Crippen LogP contribution in [0.4, 0.5) is 0 Å². The summed E-state index contributed by atoms with van der Waals surface area (Å²) in [6, 6.07) is 9.22. The van der Waals surface area contributed by atoms with Crippen LogP contribution in [0.5, 0.6) is 0 Å². The molecule has 0 spiro atoms. The second kappa shape index (κ2) is 9.14. The largest absolute Gasteiger partial charge is 0.460 e. The molecule has 3 aromatic rings. The third-order valence-electron chi connectivity index (χ3n) is 3.48. The Bertz CT molecular complexity index is 756. The molecule has 2 heterocycles. The molecule has 3 rings (SSSR count). The van der Waals surface area contributed by atoms with Crippen LogP contribution in [0.25, 0.3) is 11.3 Å². The van der Waals surface area contributed by atoms with Crippen LogP contribution in [0.3, 0.4) is 0 Å². The van der Waals surface area contributed by atoms with Gasteiger partial charge in [0.15, 0.2) is 0 Å². The SMILES string of the molecule is Cl.Clc1ccc(Cl)c(-c2ccc(CNCCCn3ccnc3)o2)c1. The van der Waals surface area contributed by atoms with Crippen LogP contribution in [0.15, 0.2) is 53.5 Å². The number of hydrogen-bond acceptors (Lipinski definition) is 3. The van der Waals surface area contributed by atoms with Crippen molar-refractivity contribution in [3.8, 4) is 11.3 Å². The Kier molecular flexibility index (Phi) is 7.18. The van der Waals surface area contributed by atoms with Gasteiger partial charge in [-0.15, -0.1) is 12.4 Å². The monoisotopic (exact) mass is 385 g/mol. The van der Waals surface area contributed by atoms with E-state index in [0.29, 0.717) is 16.6 Å². The number of aromatic nitrogens is 2. The van der Waals surface area contributed by atoms with Gasteiger partial charge >= 0.3 is 0 Å². The highest BCUT2D eigenvalue weighted by Crippen LogP contribution is 2.31. The van der Waals surface area contributed by atoms with Gasteiger partial charge in [-0.2, -0.15) is 0 Å². The zero-order chi connectivity index (χ0) is 16.1. The molecule has 1 aromatic carbocycles. The van der Waals surface area contributed by atoms with Crippen molar-refractivity contribution < 1.29 is 4.42 Å². The Hall–Kier alpha value is -1.46. The Morgan fingerprint density at radius 2 is 2.04 bits per heavy atom. The summed E-state index contributed by atoms with van der Waals surface area (Å²) in [5.41, 5.74) is 0.811. The van der Waals surface area contributed by atoms with E-state index < -0.39 is 0 Å². The van der Waals surface area contributed by atoms with Crippen LogP contribution in [-0.2, 0) is 13.1 Å². The predicted octanol–water partition coefficient (Wildman–Crippen LogP) is 5.05. The van der Waals surface area contributed by atoms with Gasteiger partial charge in [-0.05, 0) is 43.3 Å². The lowest BCUT2D eigenvalue weighted by molar-refractivity contribution is 0.484. The van der Waals surface area contributed by atoms with Gasteiger partial charge in [0.1, 0.15) is 11.5 Å². The molecule has 4 nitrogen and oxygen atoms in total. The van der Waals surface area contributed by atoms with Crippen molar-refractivity contribution in [3.05, 3.63) is 64.9 Å². The molecule has 7 heteroatoms. The zero-order valence-corrected chi connectivity index (χ0v) is 15.2. The second-order valence-electron chi connectivity index (χ2n) is 5.22. The van der Waals surface area contributed by atoms with Crippen molar-refractivity contribution in [3.63, 3.8) is 0 Å². The molecular weight excluding hydrogens is 369 g/mol. The van der Waals surface area contributed by atoms with Gasteiger partial charge in [-0.25, -0.2) is 4.98 Å². The zero-order valence-electron chi connectivity index (χ0n) is 12.9. The van der Waals surface area contributed by atoms with E-state index in [-0.39, 0.29) is 12.4 Å². The number of aryl methyl sites for hydroxylation is 1. The number of benzene rings is 1. The van der Waals surface area contributed by atoms with E-state index in [0.717, 1.165) is 36.6 Å². The molecule has 0 unspecified atom stereocenters. The third kappa shape index (κ3) is 5.02. The highest BCUT2D eigenvalue weighted by Gasteiger charge is 2.09. The first-order valence-corrected chi connectivity index (χ1v) is 8.18. The average molecular weight is 387 g/mol. The normalized spacial score (nSPS) is 10.6. The fraction of sp³-hybridized carbons (Fsp3) is 0.235. The molecule has 0 aliphatic heterocycles. The van der Waals surface area contributed by atoms with Crippen molar-refractivity contribution in [2.45, 2.75) is 19.5 Å². The van der Waals surface area contributed by atoms with Gasteiger partial charge < -0.3 is 14.3 Å².